The number of fused-ring (bicyclic) bond motifs is 3. The first-order valence-electron chi connectivity index (χ1n) is 9.84. The number of aromatic nitrogens is 3. The van der Waals surface area contributed by atoms with Gasteiger partial charge in [-0.2, -0.15) is 0 Å². The Morgan fingerprint density at radius 1 is 1.04 bits per heavy atom. The van der Waals surface area contributed by atoms with Crippen molar-refractivity contribution in [2.24, 2.45) is 0 Å². The first-order valence-corrected chi connectivity index (χ1v) is 10.8. The van der Waals surface area contributed by atoms with E-state index in [1.54, 1.807) is 0 Å². The van der Waals surface area contributed by atoms with E-state index in [-0.39, 0.29) is 5.91 Å². The van der Waals surface area contributed by atoms with Crippen molar-refractivity contribution in [1.82, 2.24) is 20.1 Å². The molecule has 5 rings (SSSR count). The monoisotopic (exact) mass is 390 g/mol. The SMILES string of the molecule is C[C@@H]1CCC[C@H](C)N1C(=O)CSc1nnc2c(n1)-c1cccc3cccc-2c13. The summed E-state index contributed by atoms with van der Waals surface area (Å²) in [5.41, 5.74) is 3.90. The largest absolute Gasteiger partial charge is 0.337 e. The number of likely N-dealkylation sites (tertiary alicyclic amines) is 1. The third kappa shape index (κ3) is 2.78. The number of nitrogens with zero attached hydrogens (tertiary/aromatic N) is 4. The lowest BCUT2D eigenvalue weighted by Crippen LogP contribution is -2.48. The molecule has 2 aromatic carbocycles. The minimum Gasteiger partial charge on any atom is -0.337 e. The van der Waals surface area contributed by atoms with Crippen molar-refractivity contribution in [3.05, 3.63) is 36.4 Å². The molecule has 2 atom stereocenters. The molecule has 1 saturated heterocycles. The molecule has 0 unspecified atom stereocenters. The summed E-state index contributed by atoms with van der Waals surface area (Å²) in [5.74, 6) is 0.519. The maximum absolute atomic E-state index is 12.8. The molecule has 2 aliphatic rings. The Labute approximate surface area is 168 Å². The van der Waals surface area contributed by atoms with E-state index in [2.05, 4.69) is 48.3 Å². The zero-order valence-electron chi connectivity index (χ0n) is 16.1. The minimum absolute atomic E-state index is 0.166. The molecule has 0 radical (unpaired) electrons. The van der Waals surface area contributed by atoms with Gasteiger partial charge in [0.25, 0.3) is 0 Å². The Balaban J connectivity index is 1.40. The van der Waals surface area contributed by atoms with Crippen LogP contribution < -0.4 is 0 Å². The molecule has 1 aliphatic carbocycles. The molecular weight excluding hydrogens is 368 g/mol. The van der Waals surface area contributed by atoms with Crippen LogP contribution in [0.2, 0.25) is 0 Å². The summed E-state index contributed by atoms with van der Waals surface area (Å²) in [6, 6.07) is 13.1. The van der Waals surface area contributed by atoms with Crippen molar-refractivity contribution >= 4 is 28.4 Å². The van der Waals surface area contributed by atoms with Gasteiger partial charge in [0.05, 0.1) is 5.75 Å². The summed E-state index contributed by atoms with van der Waals surface area (Å²) >= 11 is 1.38. The highest BCUT2D eigenvalue weighted by Gasteiger charge is 2.29. The van der Waals surface area contributed by atoms with Crippen LogP contribution in [-0.2, 0) is 4.79 Å². The summed E-state index contributed by atoms with van der Waals surface area (Å²) in [6.45, 7) is 4.28. The average Bonchev–Trinajstić information content (AvgIpc) is 3.02. The standard InChI is InChI=1S/C22H22N4OS/c1-13-6-3-7-14(2)26(13)18(27)12-28-22-23-20-16-10-4-8-15-9-5-11-17(19(15)16)21(20)24-25-22/h4-5,8-11,13-14H,3,6-7,12H2,1-2H3/t13-,14+. The molecule has 142 valence electrons. The Kier molecular flexibility index (Phi) is 4.31. The van der Waals surface area contributed by atoms with Crippen molar-refractivity contribution in [3.63, 3.8) is 0 Å². The fourth-order valence-electron chi connectivity index (χ4n) is 4.59. The minimum atomic E-state index is 0.166. The first kappa shape index (κ1) is 17.6. The third-order valence-electron chi connectivity index (χ3n) is 5.89. The zero-order chi connectivity index (χ0) is 19.3. The molecule has 0 saturated carbocycles. The van der Waals surface area contributed by atoms with Gasteiger partial charge in [-0.25, -0.2) is 4.98 Å². The quantitative estimate of drug-likeness (QED) is 0.480. The molecule has 28 heavy (non-hydrogen) atoms. The van der Waals surface area contributed by atoms with Crippen LogP contribution in [0, 0.1) is 0 Å². The van der Waals surface area contributed by atoms with Crippen LogP contribution in [0.3, 0.4) is 0 Å². The number of thioether (sulfide) groups is 1. The number of carbonyl (C=O) groups excluding carboxylic acids is 1. The van der Waals surface area contributed by atoms with Crippen LogP contribution in [0.5, 0.6) is 0 Å². The van der Waals surface area contributed by atoms with E-state index in [0.29, 0.717) is 23.0 Å². The average molecular weight is 391 g/mol. The van der Waals surface area contributed by atoms with Crippen LogP contribution in [0.25, 0.3) is 33.3 Å². The van der Waals surface area contributed by atoms with Crippen LogP contribution in [-0.4, -0.2) is 43.8 Å². The number of benzene rings is 2. The molecule has 1 fully saturated rings. The molecule has 2 heterocycles. The molecule has 0 N–H and O–H groups in total. The van der Waals surface area contributed by atoms with E-state index >= 15 is 0 Å². The highest BCUT2D eigenvalue weighted by molar-refractivity contribution is 7.99. The second-order valence-corrected chi connectivity index (χ2v) is 8.66. The molecular formula is C22H22N4OS. The second-order valence-electron chi connectivity index (χ2n) is 7.72. The molecule has 3 aromatic rings. The smallest absolute Gasteiger partial charge is 0.233 e. The fourth-order valence-corrected chi connectivity index (χ4v) is 5.25. The van der Waals surface area contributed by atoms with Gasteiger partial charge >= 0.3 is 0 Å². The van der Waals surface area contributed by atoms with E-state index in [0.717, 1.165) is 35.4 Å². The Bertz CT molecular complexity index is 1070. The summed E-state index contributed by atoms with van der Waals surface area (Å²) in [5, 5.41) is 11.7. The van der Waals surface area contributed by atoms with Gasteiger partial charge < -0.3 is 4.90 Å². The predicted octanol–water partition coefficient (Wildman–Crippen LogP) is 4.55. The van der Waals surface area contributed by atoms with E-state index < -0.39 is 0 Å². The molecule has 1 aromatic heterocycles. The lowest BCUT2D eigenvalue weighted by molar-refractivity contribution is -0.134. The van der Waals surface area contributed by atoms with Crippen molar-refractivity contribution in [2.45, 2.75) is 50.4 Å². The molecule has 6 heteroatoms. The first-order chi connectivity index (χ1) is 13.6. The van der Waals surface area contributed by atoms with Gasteiger partial charge in [-0.05, 0) is 38.5 Å². The number of hydrogen-bond donors (Lipinski definition) is 0. The summed E-state index contributed by atoms with van der Waals surface area (Å²) in [6.07, 6.45) is 3.36. The number of carbonyl (C=O) groups is 1. The van der Waals surface area contributed by atoms with Crippen LogP contribution >= 0.6 is 11.8 Å². The summed E-state index contributed by atoms with van der Waals surface area (Å²) in [7, 11) is 0. The predicted molar refractivity (Wildman–Crippen MR) is 112 cm³/mol. The third-order valence-corrected chi connectivity index (χ3v) is 6.71. The Morgan fingerprint density at radius 2 is 1.71 bits per heavy atom. The van der Waals surface area contributed by atoms with Crippen LogP contribution in [0.1, 0.15) is 33.1 Å². The summed E-state index contributed by atoms with van der Waals surface area (Å²) in [4.78, 5) is 19.6. The van der Waals surface area contributed by atoms with Gasteiger partial charge in [0.1, 0.15) is 11.4 Å². The maximum atomic E-state index is 12.8. The van der Waals surface area contributed by atoms with E-state index in [4.69, 9.17) is 4.98 Å². The van der Waals surface area contributed by atoms with Gasteiger partial charge in [-0.15, -0.1) is 10.2 Å². The van der Waals surface area contributed by atoms with Crippen molar-refractivity contribution < 1.29 is 4.79 Å². The van der Waals surface area contributed by atoms with E-state index in [1.807, 2.05) is 17.0 Å². The fraction of sp³-hybridized carbons (Fsp3) is 0.364. The Hall–Kier alpha value is -2.47. The summed E-state index contributed by atoms with van der Waals surface area (Å²) < 4.78 is 0. The number of piperidine rings is 1. The molecule has 1 aliphatic heterocycles. The Morgan fingerprint density at radius 3 is 2.43 bits per heavy atom. The van der Waals surface area contributed by atoms with Gasteiger partial charge in [-0.3, -0.25) is 4.79 Å². The highest BCUT2D eigenvalue weighted by atomic mass is 32.2. The molecule has 0 spiro atoms. The topological polar surface area (TPSA) is 59.0 Å². The van der Waals surface area contributed by atoms with Crippen LogP contribution in [0.4, 0.5) is 0 Å². The lowest BCUT2D eigenvalue weighted by Gasteiger charge is -2.39. The number of amides is 1. The van der Waals surface area contributed by atoms with Crippen molar-refractivity contribution in [2.75, 3.05) is 5.75 Å². The highest BCUT2D eigenvalue weighted by Crippen LogP contribution is 2.44. The molecule has 5 nitrogen and oxygen atoms in total. The van der Waals surface area contributed by atoms with Gasteiger partial charge in [0.15, 0.2) is 0 Å². The van der Waals surface area contributed by atoms with E-state index in [9.17, 15) is 4.79 Å². The maximum Gasteiger partial charge on any atom is 0.233 e. The molecule has 0 bridgehead atoms. The normalized spacial score (nSPS) is 20.4. The van der Waals surface area contributed by atoms with Crippen molar-refractivity contribution in [1.29, 1.82) is 0 Å². The number of rotatable bonds is 3. The van der Waals surface area contributed by atoms with Crippen LogP contribution in [0.15, 0.2) is 41.6 Å². The zero-order valence-corrected chi connectivity index (χ0v) is 16.9. The van der Waals surface area contributed by atoms with E-state index in [1.165, 1.54) is 29.0 Å². The van der Waals surface area contributed by atoms with Crippen molar-refractivity contribution in [3.8, 4) is 22.5 Å². The van der Waals surface area contributed by atoms with Gasteiger partial charge in [-0.1, -0.05) is 48.2 Å². The second kappa shape index (κ2) is 6.85. The molecule has 1 amide bonds. The van der Waals surface area contributed by atoms with Gasteiger partial charge in [0, 0.05) is 28.6 Å². The lowest BCUT2D eigenvalue weighted by atomic mass is 9.98. The number of hydrogen-bond acceptors (Lipinski definition) is 5. The van der Waals surface area contributed by atoms with Gasteiger partial charge in [0.2, 0.25) is 11.1 Å².